The summed E-state index contributed by atoms with van der Waals surface area (Å²) in [7, 11) is -3.67. The molecule has 1 atom stereocenters. The molecule has 3 rings (SSSR count). The number of rotatable bonds is 6. The van der Waals surface area contributed by atoms with Crippen LogP contribution in [0.2, 0.25) is 10.0 Å². The number of anilines is 1. The maximum absolute atomic E-state index is 12.7. The third kappa shape index (κ3) is 4.59. The number of benzene rings is 2. The lowest BCUT2D eigenvalue weighted by atomic mass is 10.1. The number of nitrogens with one attached hydrogen (secondary N) is 2. The van der Waals surface area contributed by atoms with E-state index < -0.39 is 33.8 Å². The molecule has 0 radical (unpaired) electrons. The van der Waals surface area contributed by atoms with Gasteiger partial charge in [0.15, 0.2) is 0 Å². The lowest BCUT2D eigenvalue weighted by Crippen LogP contribution is -2.45. The van der Waals surface area contributed by atoms with Crippen molar-refractivity contribution in [2.24, 2.45) is 0 Å². The highest BCUT2D eigenvalue weighted by Gasteiger charge is 2.41. The van der Waals surface area contributed by atoms with Crippen molar-refractivity contribution < 1.29 is 22.8 Å². The molecule has 0 bridgehead atoms. The Kier molecular flexibility index (Phi) is 6.43. The van der Waals surface area contributed by atoms with Gasteiger partial charge in [-0.25, -0.2) is 13.1 Å². The first-order valence-electron chi connectivity index (χ1n) is 9.22. The van der Waals surface area contributed by atoms with Gasteiger partial charge in [0.1, 0.15) is 6.04 Å². The van der Waals surface area contributed by atoms with E-state index in [-0.39, 0.29) is 32.1 Å². The van der Waals surface area contributed by atoms with Crippen LogP contribution < -0.4 is 10.0 Å². The summed E-state index contributed by atoms with van der Waals surface area (Å²) in [6.45, 7) is 4.81. The van der Waals surface area contributed by atoms with Gasteiger partial charge in [0.25, 0.3) is 11.8 Å². The van der Waals surface area contributed by atoms with E-state index in [1.807, 2.05) is 0 Å². The van der Waals surface area contributed by atoms with Gasteiger partial charge in [0, 0.05) is 11.7 Å². The SMILES string of the molecule is CC(C)NS(=O)(=O)c1ccc(NC(=O)[C@H](C)N2C(=O)c3cc(Cl)c(Cl)cc3C2=O)cc1. The fraction of sp³-hybridized carbons (Fsp3) is 0.250. The van der Waals surface area contributed by atoms with Crippen molar-refractivity contribution in [3.05, 3.63) is 57.6 Å². The zero-order valence-corrected chi connectivity index (χ0v) is 19.1. The Balaban J connectivity index is 1.76. The Morgan fingerprint density at radius 3 is 1.87 bits per heavy atom. The van der Waals surface area contributed by atoms with Crippen molar-refractivity contribution in [1.82, 2.24) is 9.62 Å². The monoisotopic (exact) mass is 483 g/mol. The van der Waals surface area contributed by atoms with E-state index in [1.165, 1.54) is 43.3 Å². The maximum Gasteiger partial charge on any atom is 0.262 e. The molecule has 0 saturated carbocycles. The molecule has 2 N–H and O–H groups in total. The summed E-state index contributed by atoms with van der Waals surface area (Å²) in [5.74, 6) is -1.92. The van der Waals surface area contributed by atoms with Crippen LogP contribution in [0.5, 0.6) is 0 Å². The minimum atomic E-state index is -3.67. The molecule has 0 aromatic heterocycles. The zero-order chi connectivity index (χ0) is 23.1. The zero-order valence-electron chi connectivity index (χ0n) is 16.8. The Bertz CT molecular complexity index is 1140. The van der Waals surface area contributed by atoms with E-state index in [0.29, 0.717) is 5.69 Å². The van der Waals surface area contributed by atoms with Crippen LogP contribution in [0.25, 0.3) is 0 Å². The van der Waals surface area contributed by atoms with Crippen molar-refractivity contribution in [2.45, 2.75) is 37.8 Å². The average Bonchev–Trinajstić information content (AvgIpc) is 2.91. The molecule has 0 spiro atoms. The van der Waals surface area contributed by atoms with E-state index in [2.05, 4.69) is 10.0 Å². The number of amides is 3. The molecule has 0 fully saturated rings. The molecule has 31 heavy (non-hydrogen) atoms. The molecule has 11 heteroatoms. The van der Waals surface area contributed by atoms with Crippen LogP contribution in [0.3, 0.4) is 0 Å². The van der Waals surface area contributed by atoms with E-state index in [4.69, 9.17) is 23.2 Å². The molecule has 1 aliphatic rings. The van der Waals surface area contributed by atoms with Gasteiger partial charge < -0.3 is 5.32 Å². The van der Waals surface area contributed by atoms with Gasteiger partial charge in [-0.2, -0.15) is 0 Å². The summed E-state index contributed by atoms with van der Waals surface area (Å²) in [6.07, 6.45) is 0. The van der Waals surface area contributed by atoms with Crippen LogP contribution in [0.4, 0.5) is 5.69 Å². The predicted molar refractivity (Wildman–Crippen MR) is 117 cm³/mol. The van der Waals surface area contributed by atoms with Crippen LogP contribution in [-0.2, 0) is 14.8 Å². The van der Waals surface area contributed by atoms with Gasteiger partial charge in [-0.3, -0.25) is 19.3 Å². The van der Waals surface area contributed by atoms with Crippen LogP contribution >= 0.6 is 23.2 Å². The molecule has 0 aliphatic carbocycles. The summed E-state index contributed by atoms with van der Waals surface area (Å²) in [5, 5.41) is 2.83. The molecule has 1 heterocycles. The molecule has 2 aromatic carbocycles. The van der Waals surface area contributed by atoms with Crippen molar-refractivity contribution in [3.8, 4) is 0 Å². The molecule has 2 aromatic rings. The second-order valence-corrected chi connectivity index (χ2v) is 9.79. The topological polar surface area (TPSA) is 113 Å². The van der Waals surface area contributed by atoms with Crippen molar-refractivity contribution in [3.63, 3.8) is 0 Å². The van der Waals surface area contributed by atoms with E-state index in [1.54, 1.807) is 13.8 Å². The summed E-state index contributed by atoms with van der Waals surface area (Å²) in [4.78, 5) is 38.9. The number of halogens is 2. The fourth-order valence-corrected chi connectivity index (χ4v) is 4.64. The fourth-order valence-electron chi connectivity index (χ4n) is 3.06. The van der Waals surface area contributed by atoms with E-state index in [9.17, 15) is 22.8 Å². The molecule has 0 unspecified atom stereocenters. The molecule has 1 aliphatic heterocycles. The number of hydrogen-bond acceptors (Lipinski definition) is 5. The summed E-state index contributed by atoms with van der Waals surface area (Å²) in [6, 6.07) is 6.73. The maximum atomic E-state index is 12.7. The molecular weight excluding hydrogens is 465 g/mol. The standard InChI is InChI=1S/C20H19Cl2N3O5S/c1-10(2)24-31(29,30)13-6-4-12(5-7-13)23-18(26)11(3)25-19(27)14-8-16(21)17(22)9-15(14)20(25)28/h4-11,24H,1-3H3,(H,23,26)/t11-/m0/s1. The Morgan fingerprint density at radius 1 is 0.935 bits per heavy atom. The normalized spacial score (nSPS) is 14.7. The minimum Gasteiger partial charge on any atom is -0.324 e. The third-order valence-corrected chi connectivity index (χ3v) is 6.95. The molecule has 164 valence electrons. The van der Waals surface area contributed by atoms with Crippen molar-refractivity contribution in [2.75, 3.05) is 5.32 Å². The van der Waals surface area contributed by atoms with Crippen molar-refractivity contribution in [1.29, 1.82) is 0 Å². The number of carbonyl (C=O) groups excluding carboxylic acids is 3. The second kappa shape index (κ2) is 8.58. The second-order valence-electron chi connectivity index (χ2n) is 7.26. The van der Waals surface area contributed by atoms with Gasteiger partial charge in [-0.15, -0.1) is 0 Å². The van der Waals surface area contributed by atoms with Crippen LogP contribution in [0.1, 0.15) is 41.5 Å². The van der Waals surface area contributed by atoms with Gasteiger partial charge in [0.05, 0.1) is 26.1 Å². The molecular formula is C20H19Cl2N3O5S. The average molecular weight is 484 g/mol. The van der Waals surface area contributed by atoms with Gasteiger partial charge in [-0.05, 0) is 57.2 Å². The Morgan fingerprint density at radius 2 is 1.42 bits per heavy atom. The highest BCUT2D eigenvalue weighted by Crippen LogP contribution is 2.32. The molecule has 0 saturated heterocycles. The first-order valence-corrected chi connectivity index (χ1v) is 11.5. The number of hydrogen-bond donors (Lipinski definition) is 2. The number of fused-ring (bicyclic) bond motifs is 1. The van der Waals surface area contributed by atoms with Gasteiger partial charge in [0.2, 0.25) is 15.9 Å². The highest BCUT2D eigenvalue weighted by atomic mass is 35.5. The predicted octanol–water partition coefficient (Wildman–Crippen LogP) is 3.30. The summed E-state index contributed by atoms with van der Waals surface area (Å²) >= 11 is 11.9. The first kappa shape index (κ1) is 23.2. The van der Waals surface area contributed by atoms with Crippen LogP contribution in [0, 0.1) is 0 Å². The summed E-state index contributed by atoms with van der Waals surface area (Å²) in [5.41, 5.74) is 0.459. The van der Waals surface area contributed by atoms with Gasteiger partial charge in [-0.1, -0.05) is 23.2 Å². The number of nitrogens with zero attached hydrogens (tertiary/aromatic N) is 1. The highest BCUT2D eigenvalue weighted by molar-refractivity contribution is 7.89. The van der Waals surface area contributed by atoms with Crippen molar-refractivity contribution >= 4 is 56.6 Å². The molecule has 3 amide bonds. The van der Waals surface area contributed by atoms with E-state index in [0.717, 1.165) is 4.90 Å². The number of carbonyl (C=O) groups is 3. The Hall–Kier alpha value is -2.46. The third-order valence-electron chi connectivity index (χ3n) is 4.55. The smallest absolute Gasteiger partial charge is 0.262 e. The van der Waals surface area contributed by atoms with Crippen LogP contribution in [-0.4, -0.2) is 43.1 Å². The quantitative estimate of drug-likeness (QED) is 0.611. The lowest BCUT2D eigenvalue weighted by Gasteiger charge is -2.21. The largest absolute Gasteiger partial charge is 0.324 e. The minimum absolute atomic E-state index is 0.0429. The van der Waals surface area contributed by atoms with E-state index >= 15 is 0 Å². The summed E-state index contributed by atoms with van der Waals surface area (Å²) < 4.78 is 26.8. The lowest BCUT2D eigenvalue weighted by molar-refractivity contribution is -0.119. The van der Waals surface area contributed by atoms with Crippen LogP contribution in [0.15, 0.2) is 41.3 Å². The number of sulfonamides is 1. The first-order chi connectivity index (χ1) is 14.4. The van der Waals surface area contributed by atoms with Gasteiger partial charge >= 0.3 is 0 Å². The number of imide groups is 1. The molecule has 8 nitrogen and oxygen atoms in total. The Labute approximate surface area is 189 Å².